The SMILES string of the molecule is [2H]C([2H])([2H])c1ccc2c(c1)oc1c(-c3cc(-c4ccccc4)c(C([2H])([2H])[2H])cn3)cnc(C([2H])([2H])[2H])c12. The molecule has 3 heterocycles. The lowest BCUT2D eigenvalue weighted by atomic mass is 9.99. The summed E-state index contributed by atoms with van der Waals surface area (Å²) in [5, 5.41) is 0.637. The minimum Gasteiger partial charge on any atom is -0.455 e. The highest BCUT2D eigenvalue weighted by atomic mass is 16.3. The van der Waals surface area contributed by atoms with Gasteiger partial charge in [-0.25, -0.2) is 0 Å². The average Bonchev–Trinajstić information content (AvgIpc) is 3.20. The number of pyridine rings is 2. The van der Waals surface area contributed by atoms with Crippen molar-refractivity contribution in [3.8, 4) is 22.4 Å². The number of fused-ring (bicyclic) bond motifs is 3. The van der Waals surface area contributed by atoms with Crippen LogP contribution in [0.15, 0.2) is 71.4 Å². The topological polar surface area (TPSA) is 38.9 Å². The van der Waals surface area contributed by atoms with Crippen LogP contribution in [0, 0.1) is 20.6 Å². The molecular formula is C25H20N2O. The molecule has 0 radical (unpaired) electrons. The first-order valence-electron chi connectivity index (χ1n) is 13.2. The van der Waals surface area contributed by atoms with Gasteiger partial charge in [0.25, 0.3) is 0 Å². The first-order valence-corrected chi connectivity index (χ1v) is 8.68. The number of aromatic nitrogens is 2. The smallest absolute Gasteiger partial charge is 0.148 e. The quantitative estimate of drug-likeness (QED) is 0.348. The Labute approximate surface area is 176 Å². The number of furan rings is 1. The van der Waals surface area contributed by atoms with Crippen LogP contribution in [0.4, 0.5) is 0 Å². The summed E-state index contributed by atoms with van der Waals surface area (Å²) in [6.45, 7) is -7.36. The first-order chi connectivity index (χ1) is 17.2. The zero-order valence-electron chi connectivity index (χ0n) is 23.7. The number of aryl methyl sites for hydroxylation is 3. The second-order valence-corrected chi connectivity index (χ2v) is 6.52. The minimum atomic E-state index is -2.57. The van der Waals surface area contributed by atoms with Crippen LogP contribution in [-0.4, -0.2) is 9.97 Å². The number of benzene rings is 2. The number of rotatable bonds is 2. The van der Waals surface area contributed by atoms with E-state index in [0.717, 1.165) is 0 Å². The zero-order chi connectivity index (χ0) is 26.8. The molecule has 5 rings (SSSR count). The summed E-state index contributed by atoms with van der Waals surface area (Å²) in [6, 6.07) is 14.9. The first kappa shape index (κ1) is 9.65. The van der Waals surface area contributed by atoms with Crippen molar-refractivity contribution < 1.29 is 16.8 Å². The van der Waals surface area contributed by atoms with Gasteiger partial charge in [0.05, 0.1) is 16.6 Å². The standard InChI is InChI=1S/C25H20N2O/c1-15-9-10-19-23(11-15)28-25-21(14-26-17(3)24(19)25)22-12-20(16(2)13-27-22)18-7-5-4-6-8-18/h4-14H,1-3H3/i1D3,2D3,3D3. The molecule has 0 saturated heterocycles. The molecule has 0 atom stereocenters. The Morgan fingerprint density at radius 1 is 0.857 bits per heavy atom. The maximum atomic E-state index is 7.99. The maximum absolute atomic E-state index is 7.99. The van der Waals surface area contributed by atoms with Gasteiger partial charge in [-0.15, -0.1) is 0 Å². The Hall–Kier alpha value is -3.46. The normalized spacial score (nSPS) is 17.5. The monoisotopic (exact) mass is 373 g/mol. The van der Waals surface area contributed by atoms with Crippen LogP contribution in [0.1, 0.15) is 29.2 Å². The Morgan fingerprint density at radius 3 is 2.61 bits per heavy atom. The van der Waals surface area contributed by atoms with Crippen LogP contribution in [0.2, 0.25) is 0 Å². The molecule has 0 fully saturated rings. The van der Waals surface area contributed by atoms with E-state index in [1.54, 1.807) is 30.3 Å². The van der Waals surface area contributed by atoms with Crippen LogP contribution >= 0.6 is 0 Å². The van der Waals surface area contributed by atoms with E-state index in [-0.39, 0.29) is 33.4 Å². The van der Waals surface area contributed by atoms with Crippen LogP contribution in [0.25, 0.3) is 44.3 Å². The highest BCUT2D eigenvalue weighted by molar-refractivity contribution is 6.10. The molecule has 0 aliphatic heterocycles. The molecule has 0 aliphatic carbocycles. The third kappa shape index (κ3) is 2.59. The van der Waals surface area contributed by atoms with Crippen LogP contribution in [0.5, 0.6) is 0 Å². The van der Waals surface area contributed by atoms with Crippen molar-refractivity contribution >= 4 is 21.9 Å². The van der Waals surface area contributed by atoms with Crippen molar-refractivity contribution in [2.75, 3.05) is 0 Å². The molecule has 0 aliphatic rings. The molecule has 3 heteroatoms. The summed E-state index contributed by atoms with van der Waals surface area (Å²) >= 11 is 0. The Bertz CT molecular complexity index is 1630. The lowest BCUT2D eigenvalue weighted by molar-refractivity contribution is 0.668. The van der Waals surface area contributed by atoms with Crippen molar-refractivity contribution in [1.29, 1.82) is 0 Å². The lowest BCUT2D eigenvalue weighted by Gasteiger charge is -2.09. The molecule has 3 nitrogen and oxygen atoms in total. The van der Waals surface area contributed by atoms with Gasteiger partial charge in [0.2, 0.25) is 0 Å². The van der Waals surface area contributed by atoms with E-state index in [1.165, 1.54) is 30.6 Å². The van der Waals surface area contributed by atoms with Crippen molar-refractivity contribution in [3.05, 3.63) is 83.8 Å². The maximum Gasteiger partial charge on any atom is 0.148 e. The highest BCUT2D eigenvalue weighted by Gasteiger charge is 2.17. The highest BCUT2D eigenvalue weighted by Crippen LogP contribution is 2.37. The number of nitrogens with zero attached hydrogens (tertiary/aromatic N) is 2. The van der Waals surface area contributed by atoms with Crippen molar-refractivity contribution in [3.63, 3.8) is 0 Å². The summed E-state index contributed by atoms with van der Waals surface area (Å²) in [5.74, 6) is 0. The van der Waals surface area contributed by atoms with Gasteiger partial charge in [-0.3, -0.25) is 9.97 Å². The molecule has 2 aromatic carbocycles. The molecule has 0 saturated carbocycles. The third-order valence-corrected chi connectivity index (χ3v) is 4.76. The van der Waals surface area contributed by atoms with Crippen LogP contribution in [0.3, 0.4) is 0 Å². The molecule has 0 unspecified atom stereocenters. The summed E-state index contributed by atoms with van der Waals surface area (Å²) in [7, 11) is 0. The summed E-state index contributed by atoms with van der Waals surface area (Å²) in [6.07, 6.45) is 2.62. The molecule has 0 spiro atoms. The van der Waals surface area contributed by atoms with E-state index in [4.69, 9.17) is 16.8 Å². The van der Waals surface area contributed by atoms with Gasteiger partial charge >= 0.3 is 0 Å². The van der Waals surface area contributed by atoms with Crippen molar-refractivity contribution in [2.24, 2.45) is 0 Å². The second-order valence-electron chi connectivity index (χ2n) is 6.52. The Balaban J connectivity index is 1.82. The average molecular weight is 374 g/mol. The fourth-order valence-corrected chi connectivity index (χ4v) is 3.42. The molecule has 0 amide bonds. The van der Waals surface area contributed by atoms with E-state index in [1.807, 2.05) is 6.07 Å². The Morgan fingerprint density at radius 2 is 1.79 bits per heavy atom. The van der Waals surface area contributed by atoms with E-state index >= 15 is 0 Å². The predicted octanol–water partition coefficient (Wildman–Crippen LogP) is 6.64. The van der Waals surface area contributed by atoms with Gasteiger partial charge < -0.3 is 4.42 Å². The molecule has 28 heavy (non-hydrogen) atoms. The number of hydrogen-bond acceptors (Lipinski definition) is 3. The van der Waals surface area contributed by atoms with E-state index < -0.39 is 20.6 Å². The van der Waals surface area contributed by atoms with E-state index in [9.17, 15) is 0 Å². The van der Waals surface area contributed by atoms with Gasteiger partial charge in [0, 0.05) is 35.8 Å². The molecular weight excluding hydrogens is 344 g/mol. The zero-order valence-corrected chi connectivity index (χ0v) is 14.7. The van der Waals surface area contributed by atoms with E-state index in [0.29, 0.717) is 27.8 Å². The van der Waals surface area contributed by atoms with Gasteiger partial charge in [0.1, 0.15) is 11.2 Å². The van der Waals surface area contributed by atoms with E-state index in [2.05, 4.69) is 9.97 Å². The van der Waals surface area contributed by atoms with Gasteiger partial charge in [-0.2, -0.15) is 0 Å². The fourth-order valence-electron chi connectivity index (χ4n) is 3.42. The third-order valence-electron chi connectivity index (χ3n) is 4.76. The number of hydrogen-bond donors (Lipinski definition) is 0. The second kappa shape index (κ2) is 6.31. The lowest BCUT2D eigenvalue weighted by Crippen LogP contribution is -1.92. The molecule has 0 N–H and O–H groups in total. The largest absolute Gasteiger partial charge is 0.455 e. The Kier molecular flexibility index (Phi) is 2.17. The minimum absolute atomic E-state index is 0.0514. The molecule has 3 aromatic heterocycles. The summed E-state index contributed by atoms with van der Waals surface area (Å²) in [5.41, 5.74) is 2.10. The van der Waals surface area contributed by atoms with Crippen molar-refractivity contribution in [1.82, 2.24) is 9.97 Å². The molecule has 5 aromatic rings. The van der Waals surface area contributed by atoms with Crippen LogP contribution < -0.4 is 0 Å². The fraction of sp³-hybridized carbons (Fsp3) is 0.120. The molecule has 0 bridgehead atoms. The summed E-state index contributed by atoms with van der Waals surface area (Å²) < 4.78 is 77.1. The van der Waals surface area contributed by atoms with Gasteiger partial charge in [-0.05, 0) is 54.9 Å². The van der Waals surface area contributed by atoms with Gasteiger partial charge in [-0.1, -0.05) is 42.5 Å². The van der Waals surface area contributed by atoms with Crippen molar-refractivity contribution in [2.45, 2.75) is 20.6 Å². The van der Waals surface area contributed by atoms with Gasteiger partial charge in [0.15, 0.2) is 0 Å². The summed E-state index contributed by atoms with van der Waals surface area (Å²) in [4.78, 5) is 8.62. The van der Waals surface area contributed by atoms with Crippen LogP contribution in [-0.2, 0) is 0 Å². The predicted molar refractivity (Wildman–Crippen MR) is 114 cm³/mol. The molecule has 136 valence electrons.